The van der Waals surface area contributed by atoms with Crippen molar-refractivity contribution >= 4 is 28.8 Å². The molecule has 0 bridgehead atoms. The molecule has 0 spiro atoms. The Labute approximate surface area is 190 Å². The second-order valence-electron chi connectivity index (χ2n) is 8.96. The van der Waals surface area contributed by atoms with E-state index in [0.29, 0.717) is 5.11 Å². The van der Waals surface area contributed by atoms with Crippen LogP contribution in [0.3, 0.4) is 0 Å². The van der Waals surface area contributed by atoms with E-state index in [2.05, 4.69) is 32.7 Å². The highest BCUT2D eigenvalue weighted by molar-refractivity contribution is 7.80. The highest BCUT2D eigenvalue weighted by Crippen LogP contribution is 2.39. The summed E-state index contributed by atoms with van der Waals surface area (Å²) in [7, 11) is 0. The number of halogens is 1. The summed E-state index contributed by atoms with van der Waals surface area (Å²) >= 11 is 5.58. The minimum atomic E-state index is -0.184. The number of pyridine rings is 1. The van der Waals surface area contributed by atoms with Crippen molar-refractivity contribution in [3.8, 4) is 0 Å². The van der Waals surface area contributed by atoms with Crippen LogP contribution in [0.1, 0.15) is 63.4 Å². The van der Waals surface area contributed by atoms with Crippen molar-refractivity contribution in [1.82, 2.24) is 10.3 Å². The number of hydrogen-bond donors (Lipinski definition) is 2. The van der Waals surface area contributed by atoms with Crippen molar-refractivity contribution in [2.24, 2.45) is 0 Å². The van der Waals surface area contributed by atoms with Crippen molar-refractivity contribution < 1.29 is 4.39 Å². The second kappa shape index (κ2) is 10.4. The average molecular weight is 441 g/mol. The largest absolute Gasteiger partial charge is 0.362 e. The molecule has 4 nitrogen and oxygen atoms in total. The van der Waals surface area contributed by atoms with E-state index in [1.165, 1.54) is 50.5 Å². The lowest BCUT2D eigenvalue weighted by atomic mass is 9.69. The highest BCUT2D eigenvalue weighted by Gasteiger charge is 2.34. The van der Waals surface area contributed by atoms with Gasteiger partial charge >= 0.3 is 0 Å². The van der Waals surface area contributed by atoms with E-state index in [-0.39, 0.29) is 11.2 Å². The van der Waals surface area contributed by atoms with Gasteiger partial charge in [0.25, 0.3) is 0 Å². The number of nitrogens with zero attached hydrogens (tertiary/aromatic N) is 2. The quantitative estimate of drug-likeness (QED) is 0.576. The molecule has 0 unspecified atom stereocenters. The van der Waals surface area contributed by atoms with Gasteiger partial charge in [0.2, 0.25) is 0 Å². The molecule has 166 valence electrons. The third-order valence-corrected chi connectivity index (χ3v) is 7.04. The number of nitrogens with one attached hydrogen (secondary N) is 2. The summed E-state index contributed by atoms with van der Waals surface area (Å²) in [6.07, 6.45) is 12.8. The molecule has 0 atom stereocenters. The first-order chi connectivity index (χ1) is 15.1. The standard InChI is InChI=1S/C25H33FN4S/c26-21-10-8-20(9-11-21)25(14-4-3-5-15-25)19-28-24(31)29-22-12-13-23(27-18-22)30-16-6-1-2-7-17-30/h8-13,18H,1-7,14-17,19H2,(H2,28,29,31). The van der Waals surface area contributed by atoms with E-state index < -0.39 is 0 Å². The fourth-order valence-electron chi connectivity index (χ4n) is 4.97. The van der Waals surface area contributed by atoms with E-state index in [4.69, 9.17) is 12.2 Å². The lowest BCUT2D eigenvalue weighted by molar-refractivity contribution is 0.292. The summed E-state index contributed by atoms with van der Waals surface area (Å²) in [4.78, 5) is 7.03. The van der Waals surface area contributed by atoms with Gasteiger partial charge in [-0.05, 0) is 67.7 Å². The lowest BCUT2D eigenvalue weighted by Gasteiger charge is -2.38. The topological polar surface area (TPSA) is 40.2 Å². The monoisotopic (exact) mass is 440 g/mol. The van der Waals surface area contributed by atoms with Crippen molar-refractivity contribution in [2.75, 3.05) is 29.9 Å². The summed E-state index contributed by atoms with van der Waals surface area (Å²) in [6.45, 7) is 2.93. The molecule has 2 aliphatic rings. The van der Waals surface area contributed by atoms with E-state index in [1.807, 2.05) is 18.3 Å². The molecule has 6 heteroatoms. The third-order valence-electron chi connectivity index (χ3n) is 6.79. The molecule has 1 saturated carbocycles. The molecule has 2 aromatic rings. The highest BCUT2D eigenvalue weighted by atomic mass is 32.1. The molecular formula is C25H33FN4S. The Kier molecular flexibility index (Phi) is 7.38. The van der Waals surface area contributed by atoms with Crippen molar-refractivity contribution in [1.29, 1.82) is 0 Å². The summed E-state index contributed by atoms with van der Waals surface area (Å²) in [5.41, 5.74) is 2.11. The van der Waals surface area contributed by atoms with Crippen LogP contribution in [0.25, 0.3) is 0 Å². The minimum Gasteiger partial charge on any atom is -0.362 e. The van der Waals surface area contributed by atoms with Gasteiger partial charge in [-0.2, -0.15) is 0 Å². The first-order valence-electron chi connectivity index (χ1n) is 11.7. The molecule has 2 fully saturated rings. The fourth-order valence-corrected chi connectivity index (χ4v) is 5.16. The van der Waals surface area contributed by atoms with Crippen molar-refractivity contribution in [3.63, 3.8) is 0 Å². The van der Waals surface area contributed by atoms with Crippen LogP contribution in [0, 0.1) is 5.82 Å². The molecule has 0 radical (unpaired) electrons. The van der Waals surface area contributed by atoms with Crippen LogP contribution in [-0.2, 0) is 5.41 Å². The van der Waals surface area contributed by atoms with E-state index in [0.717, 1.165) is 44.0 Å². The van der Waals surface area contributed by atoms with E-state index in [9.17, 15) is 4.39 Å². The zero-order chi connectivity index (χ0) is 21.5. The van der Waals surface area contributed by atoms with Crippen molar-refractivity contribution in [2.45, 2.75) is 63.2 Å². The van der Waals surface area contributed by atoms with Crippen LogP contribution in [0.4, 0.5) is 15.9 Å². The Morgan fingerprint density at radius 3 is 2.26 bits per heavy atom. The molecule has 2 heterocycles. The van der Waals surface area contributed by atoms with Crippen LogP contribution in [0.2, 0.25) is 0 Å². The Bertz CT molecular complexity index is 839. The third kappa shape index (κ3) is 5.73. The first-order valence-corrected chi connectivity index (χ1v) is 12.1. The normalized spacial score (nSPS) is 18.8. The smallest absolute Gasteiger partial charge is 0.170 e. The Morgan fingerprint density at radius 2 is 1.61 bits per heavy atom. The van der Waals surface area contributed by atoms with Crippen LogP contribution in [0.15, 0.2) is 42.6 Å². The van der Waals surface area contributed by atoms with Gasteiger partial charge in [0.15, 0.2) is 5.11 Å². The molecule has 1 aromatic carbocycles. The Hall–Kier alpha value is -2.21. The van der Waals surface area contributed by atoms with Gasteiger partial charge < -0.3 is 15.5 Å². The molecule has 2 N–H and O–H groups in total. The summed E-state index contributed by atoms with van der Waals surface area (Å²) in [6, 6.07) is 11.1. The van der Waals surface area contributed by atoms with Crippen LogP contribution < -0.4 is 15.5 Å². The predicted molar refractivity (Wildman–Crippen MR) is 130 cm³/mol. The van der Waals surface area contributed by atoms with Crippen LogP contribution >= 0.6 is 12.2 Å². The summed E-state index contributed by atoms with van der Waals surface area (Å²) in [5, 5.41) is 7.32. The van der Waals surface area contributed by atoms with Gasteiger partial charge in [0, 0.05) is 25.0 Å². The fraction of sp³-hybridized carbons (Fsp3) is 0.520. The molecule has 1 saturated heterocycles. The maximum Gasteiger partial charge on any atom is 0.170 e. The van der Waals surface area contributed by atoms with Gasteiger partial charge in [0.1, 0.15) is 11.6 Å². The molecule has 0 amide bonds. The number of anilines is 2. The minimum absolute atomic E-state index is 0.00652. The number of hydrogen-bond acceptors (Lipinski definition) is 3. The number of aromatic nitrogens is 1. The first kappa shape index (κ1) is 22.0. The molecule has 1 aromatic heterocycles. The zero-order valence-corrected chi connectivity index (χ0v) is 19.0. The molecule has 31 heavy (non-hydrogen) atoms. The number of benzene rings is 1. The van der Waals surface area contributed by atoms with Crippen LogP contribution in [0.5, 0.6) is 0 Å². The maximum atomic E-state index is 13.4. The summed E-state index contributed by atoms with van der Waals surface area (Å²) in [5.74, 6) is 0.861. The number of rotatable bonds is 5. The Morgan fingerprint density at radius 1 is 0.935 bits per heavy atom. The average Bonchev–Trinajstić information content (AvgIpc) is 3.09. The predicted octanol–water partition coefficient (Wildman–Crippen LogP) is 5.79. The van der Waals surface area contributed by atoms with E-state index in [1.54, 1.807) is 12.1 Å². The molecule has 1 aliphatic carbocycles. The number of thiocarbonyl (C=S) groups is 1. The van der Waals surface area contributed by atoms with Crippen LogP contribution in [-0.4, -0.2) is 29.7 Å². The van der Waals surface area contributed by atoms with Crippen molar-refractivity contribution in [3.05, 3.63) is 54.0 Å². The SMILES string of the molecule is Fc1ccc(C2(CNC(=S)Nc3ccc(N4CCCCCC4)nc3)CCCCC2)cc1. The van der Waals surface area contributed by atoms with Gasteiger partial charge in [-0.1, -0.05) is 44.2 Å². The maximum absolute atomic E-state index is 13.4. The van der Waals surface area contributed by atoms with Gasteiger partial charge in [-0.15, -0.1) is 0 Å². The van der Waals surface area contributed by atoms with Gasteiger partial charge in [-0.25, -0.2) is 9.37 Å². The summed E-state index contributed by atoms with van der Waals surface area (Å²) < 4.78 is 13.4. The molecular weight excluding hydrogens is 407 g/mol. The van der Waals surface area contributed by atoms with E-state index >= 15 is 0 Å². The zero-order valence-electron chi connectivity index (χ0n) is 18.2. The molecule has 4 rings (SSSR count). The second-order valence-corrected chi connectivity index (χ2v) is 9.37. The molecule has 1 aliphatic heterocycles. The lowest BCUT2D eigenvalue weighted by Crippen LogP contribution is -2.43. The Balaban J connectivity index is 1.35. The van der Waals surface area contributed by atoms with Gasteiger partial charge in [-0.3, -0.25) is 0 Å². The van der Waals surface area contributed by atoms with Gasteiger partial charge in [0.05, 0.1) is 11.9 Å².